The summed E-state index contributed by atoms with van der Waals surface area (Å²) in [6.07, 6.45) is 0.668. The molecule has 0 aliphatic carbocycles. The maximum atomic E-state index is 11.4. The van der Waals surface area contributed by atoms with Crippen molar-refractivity contribution in [3.05, 3.63) is 54.1 Å². The van der Waals surface area contributed by atoms with Gasteiger partial charge < -0.3 is 19.6 Å². The molecular formula is C20H24N2O3. The van der Waals surface area contributed by atoms with Crippen molar-refractivity contribution in [1.82, 2.24) is 4.90 Å². The minimum absolute atomic E-state index is 0.146. The molecule has 0 spiro atoms. The molecule has 3 rings (SSSR count). The molecule has 2 aromatic rings. The van der Waals surface area contributed by atoms with Crippen LogP contribution in [-0.2, 0) is 11.2 Å². The Labute approximate surface area is 148 Å². The van der Waals surface area contributed by atoms with Crippen LogP contribution < -0.4 is 9.64 Å². The highest BCUT2D eigenvalue weighted by molar-refractivity contribution is 5.73. The first-order valence-corrected chi connectivity index (χ1v) is 8.63. The van der Waals surface area contributed by atoms with E-state index in [1.54, 1.807) is 13.0 Å². The average Bonchev–Trinajstić information content (AvgIpc) is 2.64. The van der Waals surface area contributed by atoms with Crippen LogP contribution in [0.25, 0.3) is 0 Å². The van der Waals surface area contributed by atoms with Gasteiger partial charge in [-0.1, -0.05) is 18.2 Å². The highest BCUT2D eigenvalue weighted by atomic mass is 16.5. The van der Waals surface area contributed by atoms with E-state index >= 15 is 0 Å². The summed E-state index contributed by atoms with van der Waals surface area (Å²) in [4.78, 5) is 15.6. The summed E-state index contributed by atoms with van der Waals surface area (Å²) in [5.41, 5.74) is 2.04. The summed E-state index contributed by atoms with van der Waals surface area (Å²) in [6, 6.07) is 15.4. The molecule has 1 heterocycles. The Hall–Kier alpha value is -2.69. The molecule has 1 aliphatic heterocycles. The smallest absolute Gasteiger partial charge is 0.219 e. The molecule has 0 bridgehead atoms. The zero-order valence-electron chi connectivity index (χ0n) is 14.5. The van der Waals surface area contributed by atoms with Gasteiger partial charge in [-0.2, -0.15) is 0 Å². The molecule has 0 saturated carbocycles. The van der Waals surface area contributed by atoms with Crippen LogP contribution in [0.15, 0.2) is 48.5 Å². The first kappa shape index (κ1) is 17.1. The van der Waals surface area contributed by atoms with Gasteiger partial charge in [0.25, 0.3) is 0 Å². The van der Waals surface area contributed by atoms with E-state index in [-0.39, 0.29) is 5.91 Å². The first-order chi connectivity index (χ1) is 12.1. The molecule has 5 heteroatoms. The number of ether oxygens (including phenoxy) is 1. The normalized spacial score (nSPS) is 14.4. The summed E-state index contributed by atoms with van der Waals surface area (Å²) in [6.45, 7) is 5.40. The van der Waals surface area contributed by atoms with Crippen LogP contribution in [0.5, 0.6) is 11.5 Å². The van der Waals surface area contributed by atoms with Gasteiger partial charge in [-0.25, -0.2) is 0 Å². The molecule has 132 valence electrons. The van der Waals surface area contributed by atoms with Crippen LogP contribution in [-0.4, -0.2) is 48.7 Å². The third-order valence-corrected chi connectivity index (χ3v) is 4.56. The van der Waals surface area contributed by atoms with Gasteiger partial charge in [-0.15, -0.1) is 0 Å². The van der Waals surface area contributed by atoms with Gasteiger partial charge >= 0.3 is 0 Å². The van der Waals surface area contributed by atoms with Gasteiger partial charge in [0.1, 0.15) is 11.5 Å². The van der Waals surface area contributed by atoms with Gasteiger partial charge in [0.2, 0.25) is 5.91 Å². The second kappa shape index (κ2) is 7.92. The maximum Gasteiger partial charge on any atom is 0.219 e. The van der Waals surface area contributed by atoms with E-state index in [4.69, 9.17) is 4.74 Å². The third kappa shape index (κ3) is 4.44. The number of hydrogen-bond donors (Lipinski definition) is 1. The van der Waals surface area contributed by atoms with Crippen LogP contribution in [0.4, 0.5) is 5.69 Å². The van der Waals surface area contributed by atoms with Crippen molar-refractivity contribution < 1.29 is 14.6 Å². The van der Waals surface area contributed by atoms with Crippen LogP contribution in [0.2, 0.25) is 0 Å². The lowest BCUT2D eigenvalue weighted by Gasteiger charge is -2.35. The maximum absolute atomic E-state index is 11.4. The predicted molar refractivity (Wildman–Crippen MR) is 98.2 cm³/mol. The fourth-order valence-electron chi connectivity index (χ4n) is 3.03. The number of carbonyl (C=O) groups excluding carboxylic acids is 1. The number of phenols is 1. The van der Waals surface area contributed by atoms with Gasteiger partial charge in [0, 0.05) is 45.2 Å². The Morgan fingerprint density at radius 2 is 1.72 bits per heavy atom. The van der Waals surface area contributed by atoms with Crippen molar-refractivity contribution in [2.45, 2.75) is 13.3 Å². The monoisotopic (exact) mass is 340 g/mol. The molecule has 0 atom stereocenters. The van der Waals surface area contributed by atoms with E-state index in [9.17, 15) is 9.90 Å². The van der Waals surface area contributed by atoms with E-state index in [2.05, 4.69) is 17.0 Å². The topological polar surface area (TPSA) is 53.0 Å². The van der Waals surface area contributed by atoms with E-state index in [1.165, 1.54) is 0 Å². The molecule has 1 fully saturated rings. The summed E-state index contributed by atoms with van der Waals surface area (Å²) in [5, 5.41) is 9.76. The molecule has 1 amide bonds. The second-order valence-corrected chi connectivity index (χ2v) is 6.21. The quantitative estimate of drug-likeness (QED) is 0.909. The molecule has 25 heavy (non-hydrogen) atoms. The Kier molecular flexibility index (Phi) is 5.43. The van der Waals surface area contributed by atoms with Crippen molar-refractivity contribution in [3.8, 4) is 11.5 Å². The number of aromatic hydroxyl groups is 1. The lowest BCUT2D eigenvalue weighted by Crippen LogP contribution is -2.48. The number of amides is 1. The molecule has 0 unspecified atom stereocenters. The third-order valence-electron chi connectivity index (χ3n) is 4.56. The van der Waals surface area contributed by atoms with Gasteiger partial charge in [0.15, 0.2) is 0 Å². The lowest BCUT2D eigenvalue weighted by atomic mass is 10.1. The van der Waals surface area contributed by atoms with E-state index in [0.29, 0.717) is 18.8 Å². The van der Waals surface area contributed by atoms with Crippen molar-refractivity contribution >= 4 is 11.6 Å². The minimum atomic E-state index is 0.146. The summed E-state index contributed by atoms with van der Waals surface area (Å²) in [7, 11) is 0. The van der Waals surface area contributed by atoms with Crippen molar-refractivity contribution in [2.75, 3.05) is 37.7 Å². The van der Waals surface area contributed by atoms with Gasteiger partial charge in [-0.3, -0.25) is 4.79 Å². The van der Waals surface area contributed by atoms with E-state index in [0.717, 1.165) is 43.2 Å². The van der Waals surface area contributed by atoms with Crippen molar-refractivity contribution in [2.24, 2.45) is 0 Å². The standard InChI is InChI=1S/C20H24N2O3/c1-16(23)21-11-13-22(14-12-21)18-6-8-19(9-7-18)25-15-10-17-4-2-3-5-20(17)24/h2-9,24H,10-15H2,1H3. The van der Waals surface area contributed by atoms with E-state index in [1.807, 2.05) is 35.2 Å². The molecule has 1 aliphatic rings. The summed E-state index contributed by atoms with van der Waals surface area (Å²) >= 11 is 0. The number of nitrogens with zero attached hydrogens (tertiary/aromatic N) is 2. The predicted octanol–water partition coefficient (Wildman–Crippen LogP) is 2.68. The van der Waals surface area contributed by atoms with Crippen LogP contribution in [0.1, 0.15) is 12.5 Å². The number of para-hydroxylation sites is 1. The molecule has 5 nitrogen and oxygen atoms in total. The number of phenolic OH excluding ortho intramolecular Hbond substituents is 1. The summed E-state index contributed by atoms with van der Waals surface area (Å²) in [5.74, 6) is 1.28. The number of anilines is 1. The fraction of sp³-hybridized carbons (Fsp3) is 0.350. The summed E-state index contributed by atoms with van der Waals surface area (Å²) < 4.78 is 5.77. The average molecular weight is 340 g/mol. The Balaban J connectivity index is 1.49. The highest BCUT2D eigenvalue weighted by Gasteiger charge is 2.18. The highest BCUT2D eigenvalue weighted by Crippen LogP contribution is 2.22. The Morgan fingerprint density at radius 3 is 2.36 bits per heavy atom. The van der Waals surface area contributed by atoms with Gasteiger partial charge in [0.05, 0.1) is 6.61 Å². The fourth-order valence-corrected chi connectivity index (χ4v) is 3.03. The van der Waals surface area contributed by atoms with Crippen molar-refractivity contribution in [1.29, 1.82) is 0 Å². The number of piperazine rings is 1. The molecule has 2 aromatic carbocycles. The van der Waals surface area contributed by atoms with Crippen LogP contribution in [0.3, 0.4) is 0 Å². The second-order valence-electron chi connectivity index (χ2n) is 6.21. The van der Waals surface area contributed by atoms with E-state index < -0.39 is 0 Å². The first-order valence-electron chi connectivity index (χ1n) is 8.63. The number of carbonyl (C=O) groups is 1. The zero-order chi connectivity index (χ0) is 17.6. The van der Waals surface area contributed by atoms with Gasteiger partial charge in [-0.05, 0) is 35.9 Å². The molecule has 0 radical (unpaired) electrons. The molecule has 1 N–H and O–H groups in total. The SMILES string of the molecule is CC(=O)N1CCN(c2ccc(OCCc3ccccc3O)cc2)CC1. The lowest BCUT2D eigenvalue weighted by molar-refractivity contribution is -0.129. The van der Waals surface area contributed by atoms with Crippen LogP contribution in [0, 0.1) is 0 Å². The van der Waals surface area contributed by atoms with Crippen molar-refractivity contribution in [3.63, 3.8) is 0 Å². The van der Waals surface area contributed by atoms with Crippen LogP contribution >= 0.6 is 0 Å². The Morgan fingerprint density at radius 1 is 1.04 bits per heavy atom. The molecule has 1 saturated heterocycles. The molecule has 0 aromatic heterocycles. The largest absolute Gasteiger partial charge is 0.508 e. The zero-order valence-corrected chi connectivity index (χ0v) is 14.5. The number of rotatable bonds is 5. The Bertz CT molecular complexity index is 707. The number of benzene rings is 2. The number of hydrogen-bond acceptors (Lipinski definition) is 4. The molecular weight excluding hydrogens is 316 g/mol. The minimum Gasteiger partial charge on any atom is -0.508 e.